The van der Waals surface area contributed by atoms with Gasteiger partial charge in [-0.2, -0.15) is 0 Å². The van der Waals surface area contributed by atoms with Crippen molar-refractivity contribution in [2.24, 2.45) is 0 Å². The van der Waals surface area contributed by atoms with Crippen LogP contribution >= 0.6 is 11.8 Å². The van der Waals surface area contributed by atoms with E-state index >= 15 is 0 Å². The van der Waals surface area contributed by atoms with Crippen LogP contribution in [0.5, 0.6) is 0 Å². The minimum Gasteiger partial charge on any atom is -0.340 e. The maximum absolute atomic E-state index is 5.85. The Labute approximate surface area is 92.8 Å². The Morgan fingerprint density at radius 3 is 2.86 bits per heavy atom. The molecule has 2 rings (SSSR count). The summed E-state index contributed by atoms with van der Waals surface area (Å²) in [6.45, 7) is 3.98. The highest BCUT2D eigenvalue weighted by Gasteiger charge is 2.47. The molecule has 0 aromatic rings. The molecule has 2 aliphatic heterocycles. The molecule has 2 nitrogen and oxygen atoms in total. The van der Waals surface area contributed by atoms with Crippen LogP contribution in [0.25, 0.3) is 0 Å². The number of thioether (sulfide) groups is 1. The molecular formula is C10H17O2S2+. The van der Waals surface area contributed by atoms with E-state index in [1.54, 1.807) is 0 Å². The molecule has 0 aromatic heterocycles. The first kappa shape index (κ1) is 10.9. The second kappa shape index (κ2) is 3.74. The van der Waals surface area contributed by atoms with Gasteiger partial charge >= 0.3 is 0 Å². The second-order valence-corrected chi connectivity index (χ2v) is 7.29. The van der Waals surface area contributed by atoms with Crippen molar-refractivity contribution in [3.05, 3.63) is 10.3 Å². The molecule has 0 saturated carbocycles. The van der Waals surface area contributed by atoms with Crippen LogP contribution in [0, 0.1) is 0 Å². The summed E-state index contributed by atoms with van der Waals surface area (Å²) in [7, 11) is 0.347. The van der Waals surface area contributed by atoms with Gasteiger partial charge in [0.05, 0.1) is 0 Å². The normalized spacial score (nSPS) is 40.6. The van der Waals surface area contributed by atoms with E-state index in [1.165, 1.54) is 4.24 Å². The standard InChI is InChI=1S/C10H17O2S2/c1-10(2)11-7-5-9(13-3)14(4)6-8(7)12-10/h5,7-8H,6H2,1-4H3/q+1/t7-,8+,14?/m1/s1. The van der Waals surface area contributed by atoms with Crippen molar-refractivity contribution in [3.63, 3.8) is 0 Å². The molecule has 0 bridgehead atoms. The summed E-state index contributed by atoms with van der Waals surface area (Å²) in [5.41, 5.74) is 0. The summed E-state index contributed by atoms with van der Waals surface area (Å²) >= 11 is 1.84. The third-order valence-corrected chi connectivity index (χ3v) is 6.02. The number of fused-ring (bicyclic) bond motifs is 1. The minimum absolute atomic E-state index is 0.177. The summed E-state index contributed by atoms with van der Waals surface area (Å²) in [5.74, 6) is 0.713. The van der Waals surface area contributed by atoms with Gasteiger partial charge in [0.1, 0.15) is 24.2 Å². The number of hydrogen-bond acceptors (Lipinski definition) is 3. The largest absolute Gasteiger partial charge is 0.340 e. The highest BCUT2D eigenvalue weighted by atomic mass is 32.2. The Hall–Kier alpha value is 0.360. The van der Waals surface area contributed by atoms with Gasteiger partial charge in [-0.3, -0.25) is 0 Å². The highest BCUT2D eigenvalue weighted by Crippen LogP contribution is 2.37. The molecule has 0 aliphatic carbocycles. The van der Waals surface area contributed by atoms with Gasteiger partial charge in [-0.15, -0.1) is 0 Å². The Kier molecular flexibility index (Phi) is 2.90. The number of ether oxygens (including phenoxy) is 2. The maximum Gasteiger partial charge on any atom is 0.186 e. The van der Waals surface area contributed by atoms with Gasteiger partial charge in [0.15, 0.2) is 10.0 Å². The molecule has 14 heavy (non-hydrogen) atoms. The first-order valence-corrected chi connectivity index (χ1v) is 7.78. The molecular weight excluding hydrogens is 216 g/mol. The fourth-order valence-corrected chi connectivity index (χ4v) is 4.82. The lowest BCUT2D eigenvalue weighted by Gasteiger charge is -2.19. The SMILES string of the molecule is CSC1=C[C@H]2OC(C)(C)O[C@H]2C[S+]1C. The van der Waals surface area contributed by atoms with Crippen LogP contribution < -0.4 is 0 Å². The van der Waals surface area contributed by atoms with Crippen LogP contribution in [0.3, 0.4) is 0 Å². The summed E-state index contributed by atoms with van der Waals surface area (Å²) in [5, 5.41) is 0. The maximum atomic E-state index is 5.85. The monoisotopic (exact) mass is 233 g/mol. The van der Waals surface area contributed by atoms with Crippen molar-refractivity contribution in [1.29, 1.82) is 0 Å². The van der Waals surface area contributed by atoms with Crippen LogP contribution in [0.1, 0.15) is 13.8 Å². The lowest BCUT2D eigenvalue weighted by atomic mass is 10.2. The topological polar surface area (TPSA) is 18.5 Å². The predicted octanol–water partition coefficient (Wildman–Crippen LogP) is 1.97. The predicted molar refractivity (Wildman–Crippen MR) is 63.6 cm³/mol. The molecule has 2 heterocycles. The molecule has 1 fully saturated rings. The highest BCUT2D eigenvalue weighted by molar-refractivity contribution is 8.20. The van der Waals surface area contributed by atoms with Gasteiger partial charge in [-0.1, -0.05) is 11.8 Å². The zero-order valence-corrected chi connectivity index (χ0v) is 10.7. The fraction of sp³-hybridized carbons (Fsp3) is 0.800. The van der Waals surface area contributed by atoms with E-state index in [-0.39, 0.29) is 12.2 Å². The quantitative estimate of drug-likeness (QED) is 0.645. The lowest BCUT2D eigenvalue weighted by Crippen LogP contribution is -2.33. The van der Waals surface area contributed by atoms with Crippen LogP contribution in [0.4, 0.5) is 0 Å². The van der Waals surface area contributed by atoms with E-state index in [2.05, 4.69) is 18.6 Å². The van der Waals surface area contributed by atoms with E-state index in [9.17, 15) is 0 Å². The molecule has 0 spiro atoms. The van der Waals surface area contributed by atoms with E-state index in [1.807, 2.05) is 25.6 Å². The molecule has 1 saturated heterocycles. The van der Waals surface area contributed by atoms with Crippen molar-refractivity contribution in [2.75, 3.05) is 18.3 Å². The molecule has 0 N–H and O–H groups in total. The summed E-state index contributed by atoms with van der Waals surface area (Å²) in [6.07, 6.45) is 7.12. The van der Waals surface area contributed by atoms with E-state index in [0.717, 1.165) is 5.75 Å². The van der Waals surface area contributed by atoms with Crippen molar-refractivity contribution >= 4 is 22.7 Å². The van der Waals surface area contributed by atoms with E-state index in [4.69, 9.17) is 9.47 Å². The van der Waals surface area contributed by atoms with Gasteiger partial charge in [0.25, 0.3) is 0 Å². The van der Waals surface area contributed by atoms with Crippen molar-refractivity contribution in [1.82, 2.24) is 0 Å². The Morgan fingerprint density at radius 2 is 2.21 bits per heavy atom. The molecule has 4 heteroatoms. The molecule has 1 unspecified atom stereocenters. The molecule has 0 aromatic carbocycles. The average Bonchev–Trinajstić information content (AvgIpc) is 2.36. The lowest BCUT2D eigenvalue weighted by molar-refractivity contribution is -0.140. The van der Waals surface area contributed by atoms with Crippen LogP contribution in [0.2, 0.25) is 0 Å². The third kappa shape index (κ3) is 1.98. The van der Waals surface area contributed by atoms with Gasteiger partial charge in [-0.05, 0) is 20.1 Å². The second-order valence-electron chi connectivity index (χ2n) is 4.13. The molecule has 80 valence electrons. The van der Waals surface area contributed by atoms with Gasteiger partial charge in [-0.25, -0.2) is 0 Å². The molecule has 3 atom stereocenters. The zero-order chi connectivity index (χ0) is 10.3. The van der Waals surface area contributed by atoms with Crippen molar-refractivity contribution in [2.45, 2.75) is 31.8 Å². The van der Waals surface area contributed by atoms with Crippen molar-refractivity contribution < 1.29 is 9.47 Å². The van der Waals surface area contributed by atoms with Crippen LogP contribution in [0.15, 0.2) is 10.3 Å². The Bertz CT molecular complexity index is 263. The van der Waals surface area contributed by atoms with E-state index in [0.29, 0.717) is 10.9 Å². The smallest absolute Gasteiger partial charge is 0.186 e. The summed E-state index contributed by atoms with van der Waals surface area (Å²) in [4.78, 5) is 0. The molecule has 2 aliphatic rings. The van der Waals surface area contributed by atoms with Crippen molar-refractivity contribution in [3.8, 4) is 0 Å². The summed E-state index contributed by atoms with van der Waals surface area (Å²) < 4.78 is 13.1. The Morgan fingerprint density at radius 1 is 1.50 bits per heavy atom. The van der Waals surface area contributed by atoms with Gasteiger partial charge < -0.3 is 9.47 Å². The molecule has 0 amide bonds. The fourth-order valence-electron chi connectivity index (χ4n) is 1.92. The first-order chi connectivity index (χ1) is 6.52. The minimum atomic E-state index is -0.399. The Balaban J connectivity index is 2.17. The number of rotatable bonds is 1. The van der Waals surface area contributed by atoms with E-state index < -0.39 is 5.79 Å². The van der Waals surface area contributed by atoms with Gasteiger partial charge in [0.2, 0.25) is 0 Å². The number of hydrogen-bond donors (Lipinski definition) is 0. The van der Waals surface area contributed by atoms with Gasteiger partial charge in [0, 0.05) is 17.0 Å². The summed E-state index contributed by atoms with van der Waals surface area (Å²) in [6, 6.07) is 0. The average molecular weight is 233 g/mol. The third-order valence-electron chi connectivity index (χ3n) is 2.48. The van der Waals surface area contributed by atoms with Crippen LogP contribution in [-0.4, -0.2) is 36.3 Å². The van der Waals surface area contributed by atoms with Crippen LogP contribution in [-0.2, 0) is 20.4 Å². The zero-order valence-electron chi connectivity index (χ0n) is 9.07. The first-order valence-electron chi connectivity index (χ1n) is 4.76. The molecule has 0 radical (unpaired) electrons.